The number of rotatable bonds is 17. The van der Waals surface area contributed by atoms with Crippen molar-refractivity contribution in [2.45, 2.75) is 96.9 Å². The lowest BCUT2D eigenvalue weighted by atomic mass is 10.1. The van der Waals surface area contributed by atoms with E-state index in [4.69, 9.17) is 9.47 Å². The molecule has 1 atom stereocenters. The van der Waals surface area contributed by atoms with E-state index in [1.165, 1.54) is 57.4 Å². The molecule has 5 heteroatoms. The molecule has 5 nitrogen and oxygen atoms in total. The third-order valence-corrected chi connectivity index (χ3v) is 4.23. The number of hydrogen-bond acceptors (Lipinski definition) is 4. The van der Waals surface area contributed by atoms with E-state index in [1.807, 2.05) is 6.92 Å². The highest BCUT2D eigenvalue weighted by molar-refractivity contribution is 5.81. The largest absolute Gasteiger partial charge is 0.464 e. The number of carbonyl (C=O) groups is 2. The highest BCUT2D eigenvalue weighted by atomic mass is 16.6. The van der Waals surface area contributed by atoms with Crippen LogP contribution in [0.2, 0.25) is 0 Å². The normalized spacial score (nSPS) is 11.6. The van der Waals surface area contributed by atoms with Crippen molar-refractivity contribution < 1.29 is 19.1 Å². The number of ether oxygens (including phenoxy) is 2. The first-order valence-corrected chi connectivity index (χ1v) is 10.4. The Bertz CT molecular complexity index is 371. The SMILES string of the molecule is C=CCOC(=O)NC(CCC)C(=O)OCCCCCCCCCCCC. The third-order valence-electron chi connectivity index (χ3n) is 4.23. The summed E-state index contributed by atoms with van der Waals surface area (Å²) in [5, 5.41) is 2.56. The molecule has 0 radical (unpaired) electrons. The predicted molar refractivity (Wildman–Crippen MR) is 106 cm³/mol. The summed E-state index contributed by atoms with van der Waals surface area (Å²) in [5.74, 6) is -0.377. The highest BCUT2D eigenvalue weighted by Gasteiger charge is 2.21. The summed E-state index contributed by atoms with van der Waals surface area (Å²) in [6, 6.07) is -0.638. The molecule has 0 bridgehead atoms. The zero-order valence-electron chi connectivity index (χ0n) is 16.9. The van der Waals surface area contributed by atoms with Gasteiger partial charge in [0.15, 0.2) is 0 Å². The standard InChI is InChI=1S/C21H39NO4/c1-4-7-8-9-10-11-12-13-14-15-18-25-20(23)19(16-5-2)22-21(24)26-17-6-3/h6,19H,3-5,7-18H2,1-2H3,(H,22,24). The van der Waals surface area contributed by atoms with Crippen molar-refractivity contribution in [1.82, 2.24) is 5.32 Å². The van der Waals surface area contributed by atoms with Crippen LogP contribution in [0.5, 0.6) is 0 Å². The van der Waals surface area contributed by atoms with Gasteiger partial charge in [-0.2, -0.15) is 0 Å². The lowest BCUT2D eigenvalue weighted by molar-refractivity contribution is -0.146. The summed E-state index contributed by atoms with van der Waals surface area (Å²) in [6.07, 6.45) is 14.6. The van der Waals surface area contributed by atoms with Crippen molar-refractivity contribution in [1.29, 1.82) is 0 Å². The molecule has 0 heterocycles. The molecule has 1 amide bonds. The maximum Gasteiger partial charge on any atom is 0.408 e. The summed E-state index contributed by atoms with van der Waals surface area (Å²) in [7, 11) is 0. The van der Waals surface area contributed by atoms with Crippen molar-refractivity contribution in [2.24, 2.45) is 0 Å². The molecule has 152 valence electrons. The fourth-order valence-corrected chi connectivity index (χ4v) is 2.72. The van der Waals surface area contributed by atoms with Crippen LogP contribution in [0, 0.1) is 0 Å². The van der Waals surface area contributed by atoms with E-state index >= 15 is 0 Å². The molecule has 1 unspecified atom stereocenters. The van der Waals surface area contributed by atoms with Crippen LogP contribution in [-0.2, 0) is 14.3 Å². The van der Waals surface area contributed by atoms with Gasteiger partial charge in [-0.15, -0.1) is 0 Å². The topological polar surface area (TPSA) is 64.6 Å². The molecule has 0 saturated heterocycles. The summed E-state index contributed by atoms with van der Waals surface area (Å²) in [5.41, 5.74) is 0. The average Bonchev–Trinajstić information content (AvgIpc) is 2.63. The summed E-state index contributed by atoms with van der Waals surface area (Å²) in [4.78, 5) is 23.7. The molecule has 0 saturated carbocycles. The van der Waals surface area contributed by atoms with Gasteiger partial charge in [0.05, 0.1) is 6.61 Å². The molecule has 0 aliphatic rings. The van der Waals surface area contributed by atoms with Crippen LogP contribution < -0.4 is 5.32 Å². The number of carbonyl (C=O) groups excluding carboxylic acids is 2. The van der Waals surface area contributed by atoms with Crippen molar-refractivity contribution in [3.63, 3.8) is 0 Å². The van der Waals surface area contributed by atoms with Gasteiger partial charge in [-0.05, 0) is 12.8 Å². The van der Waals surface area contributed by atoms with Crippen LogP contribution in [0.3, 0.4) is 0 Å². The van der Waals surface area contributed by atoms with E-state index in [0.717, 1.165) is 19.3 Å². The fraction of sp³-hybridized carbons (Fsp3) is 0.810. The molecule has 1 N–H and O–H groups in total. The number of nitrogens with one attached hydrogen (secondary N) is 1. The van der Waals surface area contributed by atoms with E-state index in [0.29, 0.717) is 13.0 Å². The van der Waals surface area contributed by atoms with E-state index in [-0.39, 0.29) is 12.6 Å². The predicted octanol–water partition coefficient (Wildman–Crippen LogP) is 5.53. The molecule has 0 aliphatic carbocycles. The number of unbranched alkanes of at least 4 members (excludes halogenated alkanes) is 9. The molecule has 0 fully saturated rings. The first-order chi connectivity index (χ1) is 12.7. The van der Waals surface area contributed by atoms with E-state index in [1.54, 1.807) is 0 Å². The van der Waals surface area contributed by atoms with Crippen molar-refractivity contribution in [3.8, 4) is 0 Å². The average molecular weight is 370 g/mol. The Morgan fingerprint density at radius 3 is 2.00 bits per heavy atom. The van der Waals surface area contributed by atoms with E-state index < -0.39 is 12.1 Å². The van der Waals surface area contributed by atoms with Crippen LogP contribution in [0.1, 0.15) is 90.9 Å². The summed E-state index contributed by atoms with van der Waals surface area (Å²) in [6.45, 7) is 8.21. The van der Waals surface area contributed by atoms with Gasteiger partial charge in [0, 0.05) is 0 Å². The Balaban J connectivity index is 3.72. The van der Waals surface area contributed by atoms with Gasteiger partial charge in [0.2, 0.25) is 0 Å². The Morgan fingerprint density at radius 2 is 1.46 bits per heavy atom. The zero-order chi connectivity index (χ0) is 19.5. The molecule has 0 aromatic heterocycles. The van der Waals surface area contributed by atoms with Crippen LogP contribution in [-0.4, -0.2) is 31.3 Å². The third kappa shape index (κ3) is 14.8. The second kappa shape index (κ2) is 18.3. The van der Waals surface area contributed by atoms with Gasteiger partial charge >= 0.3 is 12.1 Å². The minimum absolute atomic E-state index is 0.123. The second-order valence-corrected chi connectivity index (χ2v) is 6.72. The maximum atomic E-state index is 12.1. The number of esters is 1. The Kier molecular flexibility index (Phi) is 17.2. The molecule has 0 aliphatic heterocycles. The molecule has 0 aromatic rings. The maximum absolute atomic E-state index is 12.1. The van der Waals surface area contributed by atoms with Crippen LogP contribution in [0.15, 0.2) is 12.7 Å². The van der Waals surface area contributed by atoms with Crippen LogP contribution in [0.25, 0.3) is 0 Å². The molecule has 0 spiro atoms. The van der Waals surface area contributed by atoms with Gasteiger partial charge in [-0.1, -0.05) is 90.7 Å². The smallest absolute Gasteiger partial charge is 0.408 e. The highest BCUT2D eigenvalue weighted by Crippen LogP contribution is 2.10. The van der Waals surface area contributed by atoms with Crippen molar-refractivity contribution in [2.75, 3.05) is 13.2 Å². The van der Waals surface area contributed by atoms with Gasteiger partial charge < -0.3 is 14.8 Å². The lowest BCUT2D eigenvalue weighted by Gasteiger charge is -2.16. The van der Waals surface area contributed by atoms with Crippen molar-refractivity contribution >= 4 is 12.1 Å². The van der Waals surface area contributed by atoms with Gasteiger partial charge in [-0.25, -0.2) is 9.59 Å². The minimum Gasteiger partial charge on any atom is -0.464 e. The summed E-state index contributed by atoms with van der Waals surface area (Å²) < 4.78 is 10.2. The van der Waals surface area contributed by atoms with Crippen molar-refractivity contribution in [3.05, 3.63) is 12.7 Å². The molecule has 0 aromatic carbocycles. The zero-order valence-corrected chi connectivity index (χ0v) is 16.9. The molecular weight excluding hydrogens is 330 g/mol. The minimum atomic E-state index is -0.638. The monoisotopic (exact) mass is 369 g/mol. The van der Waals surface area contributed by atoms with Crippen LogP contribution >= 0.6 is 0 Å². The molecule has 26 heavy (non-hydrogen) atoms. The first kappa shape index (κ1) is 24.5. The number of alkyl carbamates (subject to hydrolysis) is 1. The van der Waals surface area contributed by atoms with Gasteiger partial charge in [-0.3, -0.25) is 0 Å². The Hall–Kier alpha value is -1.52. The Labute approximate surface area is 159 Å². The Morgan fingerprint density at radius 1 is 0.885 bits per heavy atom. The van der Waals surface area contributed by atoms with Crippen LogP contribution in [0.4, 0.5) is 4.79 Å². The second-order valence-electron chi connectivity index (χ2n) is 6.72. The van der Waals surface area contributed by atoms with E-state index in [9.17, 15) is 9.59 Å². The molecular formula is C21H39NO4. The molecule has 0 rings (SSSR count). The summed E-state index contributed by atoms with van der Waals surface area (Å²) >= 11 is 0. The quantitative estimate of drug-likeness (QED) is 0.208. The number of amides is 1. The fourth-order valence-electron chi connectivity index (χ4n) is 2.72. The first-order valence-electron chi connectivity index (χ1n) is 10.4. The lowest BCUT2D eigenvalue weighted by Crippen LogP contribution is -2.42. The van der Waals surface area contributed by atoms with Gasteiger partial charge in [0.1, 0.15) is 12.6 Å². The van der Waals surface area contributed by atoms with E-state index in [2.05, 4.69) is 18.8 Å². The van der Waals surface area contributed by atoms with Gasteiger partial charge in [0.25, 0.3) is 0 Å². The number of hydrogen-bond donors (Lipinski definition) is 1.